The van der Waals surface area contributed by atoms with Crippen LogP contribution in [0.5, 0.6) is 0 Å². The largest absolute Gasteiger partial charge is 0.347 e. The van der Waals surface area contributed by atoms with Gasteiger partial charge in [-0.15, -0.1) is 0 Å². The van der Waals surface area contributed by atoms with Crippen LogP contribution in [0.2, 0.25) is 0 Å². The van der Waals surface area contributed by atoms with Crippen LogP contribution in [-0.4, -0.2) is 21.1 Å². The first kappa shape index (κ1) is 10.3. The van der Waals surface area contributed by atoms with Gasteiger partial charge in [-0.25, -0.2) is 4.98 Å². The van der Waals surface area contributed by atoms with Crippen molar-refractivity contribution in [2.75, 3.05) is 0 Å². The van der Waals surface area contributed by atoms with Crippen LogP contribution in [0, 0.1) is 5.95 Å². The van der Waals surface area contributed by atoms with Crippen molar-refractivity contribution in [3.63, 3.8) is 0 Å². The molecule has 0 radical (unpaired) electrons. The smallest absolute Gasteiger partial charge is 0.270 e. The van der Waals surface area contributed by atoms with Crippen LogP contribution in [0.4, 0.5) is 4.39 Å². The fourth-order valence-corrected chi connectivity index (χ4v) is 1.18. The number of carbonyl (C=O) groups excluding carboxylic acids is 1. The summed E-state index contributed by atoms with van der Waals surface area (Å²) in [7, 11) is 0. The zero-order valence-electron chi connectivity index (χ0n) is 8.27. The van der Waals surface area contributed by atoms with Gasteiger partial charge in [-0.2, -0.15) is 9.49 Å². The van der Waals surface area contributed by atoms with E-state index < -0.39 is 11.9 Å². The van der Waals surface area contributed by atoms with E-state index in [1.165, 1.54) is 18.2 Å². The molecule has 1 amide bonds. The monoisotopic (exact) mass is 220 g/mol. The van der Waals surface area contributed by atoms with Gasteiger partial charge in [0.25, 0.3) is 5.91 Å². The Morgan fingerprint density at radius 2 is 2.38 bits per heavy atom. The summed E-state index contributed by atoms with van der Waals surface area (Å²) in [5.74, 6) is -1.09. The van der Waals surface area contributed by atoms with Gasteiger partial charge in [0.2, 0.25) is 5.95 Å². The predicted molar refractivity (Wildman–Crippen MR) is 54.0 cm³/mol. The highest BCUT2D eigenvalue weighted by atomic mass is 19.1. The summed E-state index contributed by atoms with van der Waals surface area (Å²) in [6, 6.07) is 4.08. The lowest BCUT2D eigenvalue weighted by Crippen LogP contribution is -2.23. The fraction of sp³-hybridized carbons (Fsp3) is 0.100. The number of halogens is 1. The van der Waals surface area contributed by atoms with Crippen molar-refractivity contribution in [3.8, 4) is 0 Å². The number of aromatic amines is 1. The van der Waals surface area contributed by atoms with Crippen molar-refractivity contribution < 1.29 is 9.18 Å². The Balaban J connectivity index is 1.98. The summed E-state index contributed by atoms with van der Waals surface area (Å²) < 4.78 is 12.7. The number of carbonyl (C=O) groups is 1. The molecule has 2 aromatic rings. The number of aromatic nitrogens is 3. The Morgan fingerprint density at radius 1 is 1.50 bits per heavy atom. The third-order valence-electron chi connectivity index (χ3n) is 1.96. The van der Waals surface area contributed by atoms with Crippen molar-refractivity contribution in [2.45, 2.75) is 6.54 Å². The minimum Gasteiger partial charge on any atom is -0.347 e. The molecule has 2 N–H and O–H groups in total. The molecule has 0 spiro atoms. The average molecular weight is 220 g/mol. The molecule has 2 rings (SSSR count). The number of nitrogens with one attached hydrogen (secondary N) is 2. The van der Waals surface area contributed by atoms with Crippen LogP contribution >= 0.6 is 0 Å². The van der Waals surface area contributed by atoms with Crippen LogP contribution in [0.25, 0.3) is 0 Å². The van der Waals surface area contributed by atoms with E-state index in [9.17, 15) is 9.18 Å². The minimum absolute atomic E-state index is 0.0588. The second kappa shape index (κ2) is 4.52. The number of hydrogen-bond acceptors (Lipinski definition) is 3. The van der Waals surface area contributed by atoms with Gasteiger partial charge in [0, 0.05) is 18.3 Å². The molecule has 2 heterocycles. The molecule has 0 atom stereocenters. The van der Waals surface area contributed by atoms with Gasteiger partial charge in [0.05, 0.1) is 6.20 Å². The first-order chi connectivity index (χ1) is 7.75. The highest BCUT2D eigenvalue weighted by Gasteiger charge is 2.07. The molecule has 0 fully saturated rings. The van der Waals surface area contributed by atoms with Crippen molar-refractivity contribution in [1.29, 1.82) is 0 Å². The van der Waals surface area contributed by atoms with E-state index in [1.54, 1.807) is 12.4 Å². The van der Waals surface area contributed by atoms with E-state index in [0.717, 1.165) is 5.56 Å². The fourth-order valence-electron chi connectivity index (χ4n) is 1.18. The Labute approximate surface area is 90.7 Å². The quantitative estimate of drug-likeness (QED) is 0.754. The summed E-state index contributed by atoms with van der Waals surface area (Å²) in [4.78, 5) is 15.0. The summed E-state index contributed by atoms with van der Waals surface area (Å²) in [6.07, 6.45) is 3.26. The average Bonchev–Trinajstić information content (AvgIpc) is 2.78. The molecule has 2 aromatic heterocycles. The second-order valence-electron chi connectivity index (χ2n) is 3.13. The molecule has 0 bridgehead atoms. The Bertz CT molecular complexity index is 483. The van der Waals surface area contributed by atoms with Crippen molar-refractivity contribution in [1.82, 2.24) is 20.5 Å². The van der Waals surface area contributed by atoms with E-state index in [0.29, 0.717) is 6.54 Å². The molecule has 5 nitrogen and oxygen atoms in total. The lowest BCUT2D eigenvalue weighted by Gasteiger charge is -2.02. The third-order valence-corrected chi connectivity index (χ3v) is 1.96. The molecule has 16 heavy (non-hydrogen) atoms. The number of pyridine rings is 1. The first-order valence-electron chi connectivity index (χ1n) is 4.64. The molecule has 0 unspecified atom stereocenters. The highest BCUT2D eigenvalue weighted by Crippen LogP contribution is 1.99. The van der Waals surface area contributed by atoms with Crippen LogP contribution < -0.4 is 5.32 Å². The molecule has 0 aliphatic heterocycles. The zero-order valence-corrected chi connectivity index (χ0v) is 8.27. The first-order valence-corrected chi connectivity index (χ1v) is 4.64. The van der Waals surface area contributed by atoms with E-state index in [1.807, 2.05) is 0 Å². The van der Waals surface area contributed by atoms with E-state index in [4.69, 9.17) is 0 Å². The van der Waals surface area contributed by atoms with E-state index >= 15 is 0 Å². The van der Waals surface area contributed by atoms with Crippen molar-refractivity contribution >= 4 is 5.91 Å². The SMILES string of the molecule is O=C(NCc1cn[nH]c1)c1cccc(F)n1. The molecule has 82 valence electrons. The number of amides is 1. The predicted octanol–water partition coefficient (Wildman–Crippen LogP) is 0.874. The molecular formula is C10H9FN4O. The maximum Gasteiger partial charge on any atom is 0.270 e. The molecule has 0 saturated carbocycles. The molecule has 0 saturated heterocycles. The second-order valence-corrected chi connectivity index (χ2v) is 3.13. The summed E-state index contributed by atoms with van der Waals surface area (Å²) in [5, 5.41) is 8.96. The maximum atomic E-state index is 12.7. The highest BCUT2D eigenvalue weighted by molar-refractivity contribution is 5.92. The molecule has 0 aromatic carbocycles. The number of H-pyrrole nitrogens is 1. The van der Waals surface area contributed by atoms with Crippen LogP contribution in [-0.2, 0) is 6.54 Å². The van der Waals surface area contributed by atoms with Crippen LogP contribution in [0.1, 0.15) is 16.1 Å². The standard InChI is InChI=1S/C10H9FN4O/c11-9-3-1-2-8(15-9)10(16)12-4-7-5-13-14-6-7/h1-3,5-6H,4H2,(H,12,16)(H,13,14). The Morgan fingerprint density at radius 3 is 3.06 bits per heavy atom. The van der Waals surface area contributed by atoms with Crippen molar-refractivity contribution in [3.05, 3.63) is 47.8 Å². The summed E-state index contributed by atoms with van der Waals surface area (Å²) >= 11 is 0. The molecular weight excluding hydrogens is 211 g/mol. The topological polar surface area (TPSA) is 70.7 Å². The van der Waals surface area contributed by atoms with Gasteiger partial charge in [-0.1, -0.05) is 6.07 Å². The van der Waals surface area contributed by atoms with Gasteiger partial charge >= 0.3 is 0 Å². The normalized spacial score (nSPS) is 10.1. The van der Waals surface area contributed by atoms with Gasteiger partial charge in [-0.3, -0.25) is 9.89 Å². The van der Waals surface area contributed by atoms with Crippen LogP contribution in [0.15, 0.2) is 30.6 Å². The lowest BCUT2D eigenvalue weighted by atomic mass is 10.3. The number of nitrogens with zero attached hydrogens (tertiary/aromatic N) is 2. The Hall–Kier alpha value is -2.24. The molecule has 0 aliphatic carbocycles. The van der Waals surface area contributed by atoms with Crippen molar-refractivity contribution in [2.24, 2.45) is 0 Å². The molecule has 6 heteroatoms. The lowest BCUT2D eigenvalue weighted by molar-refractivity contribution is 0.0945. The zero-order chi connectivity index (χ0) is 11.4. The Kier molecular flexibility index (Phi) is 2.90. The summed E-state index contributed by atoms with van der Waals surface area (Å²) in [6.45, 7) is 0.327. The van der Waals surface area contributed by atoms with E-state index in [-0.39, 0.29) is 5.69 Å². The molecule has 0 aliphatic rings. The number of rotatable bonds is 3. The third kappa shape index (κ3) is 2.41. The minimum atomic E-state index is -0.670. The van der Waals surface area contributed by atoms with Gasteiger partial charge < -0.3 is 5.32 Å². The van der Waals surface area contributed by atoms with E-state index in [2.05, 4.69) is 20.5 Å². The van der Waals surface area contributed by atoms with Gasteiger partial charge in [0.1, 0.15) is 5.69 Å². The maximum absolute atomic E-state index is 12.7. The number of hydrogen-bond donors (Lipinski definition) is 2. The van der Waals surface area contributed by atoms with Gasteiger partial charge in [-0.05, 0) is 12.1 Å². The summed E-state index contributed by atoms with van der Waals surface area (Å²) in [5.41, 5.74) is 0.897. The van der Waals surface area contributed by atoms with Crippen LogP contribution in [0.3, 0.4) is 0 Å². The van der Waals surface area contributed by atoms with Gasteiger partial charge in [0.15, 0.2) is 0 Å².